The molecule has 2 aromatic rings. The van der Waals surface area contributed by atoms with E-state index in [1.54, 1.807) is 6.34 Å². The number of nitrogens with zero attached hydrogens (tertiary/aromatic N) is 4. The molecule has 124 valence electrons. The Bertz CT molecular complexity index is 850. The van der Waals surface area contributed by atoms with Crippen LogP contribution in [0.1, 0.15) is 22.5 Å². The maximum absolute atomic E-state index is 13.0. The molecule has 5 nitrogen and oxygen atoms in total. The van der Waals surface area contributed by atoms with Crippen LogP contribution in [0.3, 0.4) is 0 Å². The van der Waals surface area contributed by atoms with Gasteiger partial charge in [-0.15, -0.1) is 0 Å². The molecule has 0 aliphatic heterocycles. The molecule has 1 aromatic carbocycles. The summed E-state index contributed by atoms with van der Waals surface area (Å²) in [7, 11) is 7.69. The highest BCUT2D eigenvalue weighted by Gasteiger charge is 2.28. The van der Waals surface area contributed by atoms with E-state index in [0.29, 0.717) is 12.0 Å². The van der Waals surface area contributed by atoms with Crippen LogP contribution in [0.2, 0.25) is 0 Å². The van der Waals surface area contributed by atoms with E-state index in [0.717, 1.165) is 34.3 Å². The first kappa shape index (κ1) is 16.2. The number of carbonyl (C=O) groups is 1. The molecule has 1 heterocycles. The Morgan fingerprint density at radius 1 is 1.08 bits per heavy atom. The van der Waals surface area contributed by atoms with E-state index in [1.165, 1.54) is 0 Å². The number of ketones is 1. The van der Waals surface area contributed by atoms with Gasteiger partial charge in [-0.1, -0.05) is 18.2 Å². The third-order valence-electron chi connectivity index (χ3n) is 3.92. The SMILES string of the molecule is CN(C)C=Nc1c2c(nc3ccccc13)CC/C(=C\N(C)C)C2=O. The summed E-state index contributed by atoms with van der Waals surface area (Å²) in [6.45, 7) is 0. The quantitative estimate of drug-likeness (QED) is 0.495. The Balaban J connectivity index is 2.26. The molecule has 1 aromatic heterocycles. The van der Waals surface area contributed by atoms with E-state index in [1.807, 2.05) is 68.5 Å². The van der Waals surface area contributed by atoms with Crippen molar-refractivity contribution in [3.8, 4) is 0 Å². The largest absolute Gasteiger partial charge is 0.383 e. The van der Waals surface area contributed by atoms with Crippen molar-refractivity contribution in [3.63, 3.8) is 0 Å². The molecule has 3 rings (SSSR count). The average molecular weight is 322 g/mol. The standard InChI is InChI=1S/C19H22N4O/c1-22(2)11-13-9-10-16-17(19(13)24)18(20-12-23(3)4)14-7-5-6-8-15(14)21-16/h5-8,11-12H,9-10H2,1-4H3/b13-11+,20-12?. The first-order chi connectivity index (χ1) is 11.5. The summed E-state index contributed by atoms with van der Waals surface area (Å²) in [5.41, 5.74) is 3.91. The summed E-state index contributed by atoms with van der Waals surface area (Å²) in [6.07, 6.45) is 5.11. The van der Waals surface area contributed by atoms with Crippen LogP contribution in [0.25, 0.3) is 10.9 Å². The van der Waals surface area contributed by atoms with E-state index in [9.17, 15) is 4.79 Å². The summed E-state index contributed by atoms with van der Waals surface area (Å²) in [5.74, 6) is 0.0362. The Kier molecular flexibility index (Phi) is 4.34. The van der Waals surface area contributed by atoms with Crippen LogP contribution in [0.15, 0.2) is 41.0 Å². The van der Waals surface area contributed by atoms with Crippen LogP contribution >= 0.6 is 0 Å². The number of carbonyl (C=O) groups excluding carboxylic acids is 1. The van der Waals surface area contributed by atoms with Crippen molar-refractivity contribution in [1.29, 1.82) is 0 Å². The zero-order chi connectivity index (χ0) is 17.3. The lowest BCUT2D eigenvalue weighted by atomic mass is 9.88. The molecule has 0 unspecified atom stereocenters. The highest BCUT2D eigenvalue weighted by Crippen LogP contribution is 2.36. The monoisotopic (exact) mass is 322 g/mol. The predicted octanol–water partition coefficient (Wildman–Crippen LogP) is 3.03. The number of aromatic nitrogens is 1. The maximum Gasteiger partial charge on any atom is 0.194 e. The van der Waals surface area contributed by atoms with Crippen molar-refractivity contribution in [2.45, 2.75) is 12.8 Å². The van der Waals surface area contributed by atoms with Crippen LogP contribution < -0.4 is 0 Å². The Morgan fingerprint density at radius 3 is 2.54 bits per heavy atom. The lowest BCUT2D eigenvalue weighted by Crippen LogP contribution is -2.19. The lowest BCUT2D eigenvalue weighted by Gasteiger charge is -2.21. The van der Waals surface area contributed by atoms with Crippen molar-refractivity contribution < 1.29 is 4.79 Å². The second-order valence-electron chi connectivity index (χ2n) is 6.45. The van der Waals surface area contributed by atoms with Crippen LogP contribution in [-0.2, 0) is 6.42 Å². The molecule has 0 bridgehead atoms. The highest BCUT2D eigenvalue weighted by molar-refractivity contribution is 6.17. The summed E-state index contributed by atoms with van der Waals surface area (Å²) in [4.78, 5) is 26.1. The third kappa shape index (κ3) is 3.02. The second-order valence-corrected chi connectivity index (χ2v) is 6.45. The predicted molar refractivity (Wildman–Crippen MR) is 98.0 cm³/mol. The molecule has 24 heavy (non-hydrogen) atoms. The van der Waals surface area contributed by atoms with Gasteiger partial charge in [0.15, 0.2) is 5.78 Å². The molecule has 0 radical (unpaired) electrons. The molecule has 1 aliphatic rings. The Labute approximate surface area is 142 Å². The number of hydrogen-bond acceptors (Lipinski definition) is 4. The van der Waals surface area contributed by atoms with E-state index in [-0.39, 0.29) is 5.78 Å². The minimum atomic E-state index is 0.0362. The molecule has 1 aliphatic carbocycles. The van der Waals surface area contributed by atoms with E-state index >= 15 is 0 Å². The Hall–Kier alpha value is -2.69. The number of rotatable bonds is 3. The second kappa shape index (κ2) is 6.43. The van der Waals surface area contributed by atoms with Gasteiger partial charge in [-0.2, -0.15) is 0 Å². The fraction of sp³-hybridized carbons (Fsp3) is 0.316. The smallest absolute Gasteiger partial charge is 0.194 e. The van der Waals surface area contributed by atoms with Crippen LogP contribution in [0.5, 0.6) is 0 Å². The summed E-state index contributed by atoms with van der Waals surface area (Å²) < 4.78 is 0. The number of pyridine rings is 1. The minimum Gasteiger partial charge on any atom is -0.383 e. The van der Waals surface area contributed by atoms with Crippen molar-refractivity contribution in [3.05, 3.63) is 47.3 Å². The number of hydrogen-bond donors (Lipinski definition) is 0. The van der Waals surface area contributed by atoms with Crippen LogP contribution in [0.4, 0.5) is 5.69 Å². The van der Waals surface area contributed by atoms with E-state index < -0.39 is 0 Å². The van der Waals surface area contributed by atoms with Gasteiger partial charge in [-0.05, 0) is 18.9 Å². The number of benzene rings is 1. The molecular formula is C19H22N4O. The molecule has 0 fully saturated rings. The van der Waals surface area contributed by atoms with E-state index in [2.05, 4.69) is 4.99 Å². The molecule has 0 N–H and O–H groups in total. The zero-order valence-electron chi connectivity index (χ0n) is 14.6. The van der Waals surface area contributed by atoms with E-state index in [4.69, 9.17) is 4.98 Å². The van der Waals surface area contributed by atoms with Crippen molar-refractivity contribution >= 4 is 28.7 Å². The normalized spacial score (nSPS) is 16.0. The average Bonchev–Trinajstić information content (AvgIpc) is 2.54. The molecule has 5 heteroatoms. The van der Waals surface area contributed by atoms with Gasteiger partial charge < -0.3 is 9.80 Å². The van der Waals surface area contributed by atoms with Crippen molar-refractivity contribution in [2.24, 2.45) is 4.99 Å². The Morgan fingerprint density at radius 2 is 1.83 bits per heavy atom. The minimum absolute atomic E-state index is 0.0362. The van der Waals surface area contributed by atoms with Crippen molar-refractivity contribution in [2.75, 3.05) is 28.2 Å². The lowest BCUT2D eigenvalue weighted by molar-refractivity contribution is 0.102. The first-order valence-electron chi connectivity index (χ1n) is 8.01. The van der Waals surface area contributed by atoms with Gasteiger partial charge in [-0.25, -0.2) is 4.99 Å². The van der Waals surface area contributed by atoms with Gasteiger partial charge in [0.05, 0.1) is 28.8 Å². The molecule has 0 spiro atoms. The van der Waals surface area contributed by atoms with Gasteiger partial charge in [0.1, 0.15) is 0 Å². The van der Waals surface area contributed by atoms with Gasteiger partial charge in [0.2, 0.25) is 0 Å². The summed E-state index contributed by atoms with van der Waals surface area (Å²) in [5, 5.41) is 0.911. The van der Waals surface area contributed by atoms with Gasteiger partial charge >= 0.3 is 0 Å². The summed E-state index contributed by atoms with van der Waals surface area (Å²) in [6, 6.07) is 7.86. The molecule has 0 amide bonds. The van der Waals surface area contributed by atoms with Gasteiger partial charge in [0, 0.05) is 45.3 Å². The fourth-order valence-electron chi connectivity index (χ4n) is 2.93. The number of aryl methyl sites for hydroxylation is 1. The summed E-state index contributed by atoms with van der Waals surface area (Å²) >= 11 is 0. The molecule has 0 atom stereocenters. The molecular weight excluding hydrogens is 300 g/mol. The van der Waals surface area contributed by atoms with Gasteiger partial charge in [0.25, 0.3) is 0 Å². The number of fused-ring (bicyclic) bond motifs is 2. The number of Topliss-reactive ketones (excluding diaryl/α,β-unsaturated/α-hetero) is 1. The number of allylic oxidation sites excluding steroid dienone is 1. The maximum atomic E-state index is 13.0. The van der Waals surface area contributed by atoms with Crippen molar-refractivity contribution in [1.82, 2.24) is 14.8 Å². The zero-order valence-corrected chi connectivity index (χ0v) is 14.6. The van der Waals surface area contributed by atoms with Gasteiger partial charge in [-0.3, -0.25) is 9.78 Å². The fourth-order valence-corrected chi connectivity index (χ4v) is 2.93. The van der Waals surface area contributed by atoms with Crippen LogP contribution in [-0.4, -0.2) is 55.1 Å². The molecule has 0 saturated carbocycles. The first-order valence-corrected chi connectivity index (χ1v) is 8.01. The third-order valence-corrected chi connectivity index (χ3v) is 3.92. The number of aliphatic imine (C=N–C) groups is 1. The highest BCUT2D eigenvalue weighted by atomic mass is 16.1. The topological polar surface area (TPSA) is 48.8 Å². The molecule has 0 saturated heterocycles. The number of para-hydroxylation sites is 1. The van der Waals surface area contributed by atoms with Crippen LogP contribution in [0, 0.1) is 0 Å².